The smallest absolute Gasteiger partial charge is 0.258 e. The maximum absolute atomic E-state index is 15.2. The van der Waals surface area contributed by atoms with Crippen molar-refractivity contribution in [3.8, 4) is 17.0 Å². The van der Waals surface area contributed by atoms with Crippen molar-refractivity contribution in [1.82, 2.24) is 39.4 Å². The van der Waals surface area contributed by atoms with Crippen LogP contribution in [0.5, 0.6) is 5.88 Å². The van der Waals surface area contributed by atoms with Gasteiger partial charge in [0.1, 0.15) is 23.7 Å². The van der Waals surface area contributed by atoms with Gasteiger partial charge in [-0.1, -0.05) is 11.3 Å². The minimum Gasteiger partial charge on any atom is -0.479 e. The number of fused-ring (bicyclic) bond motifs is 2. The third kappa shape index (κ3) is 5.15. The fraction of sp³-hybridized carbons (Fsp3) is 0.500. The summed E-state index contributed by atoms with van der Waals surface area (Å²) in [6.45, 7) is 2.10. The van der Waals surface area contributed by atoms with Crippen LogP contribution in [0.3, 0.4) is 0 Å². The molecule has 3 aromatic heterocycles. The van der Waals surface area contributed by atoms with Crippen molar-refractivity contribution in [1.29, 1.82) is 0 Å². The van der Waals surface area contributed by atoms with Crippen LogP contribution in [-0.4, -0.2) is 104 Å². The van der Waals surface area contributed by atoms with Gasteiger partial charge in [0, 0.05) is 18.3 Å². The standard InChI is InChI=1S/C26H30F3N9O2/c1-40-25-24-17(16-4-5-20-21(12-16)38(34-32-20)14-22(28)29)6-11-37(24)33-26(31-25)30-19-7-10-36(13-18(19)27)23(39)15-35-8-2-3-9-35/h4-6,11-12,18-19,22H,2-3,7-10,13-15H2,1H3,(H,30,33)/t18-,19+/m1/s1. The number of halogens is 3. The fourth-order valence-corrected chi connectivity index (χ4v) is 5.52. The van der Waals surface area contributed by atoms with Crippen LogP contribution in [0.4, 0.5) is 19.1 Å². The molecule has 4 aromatic rings. The van der Waals surface area contributed by atoms with Crippen LogP contribution in [0.15, 0.2) is 30.5 Å². The number of anilines is 1. The van der Waals surface area contributed by atoms with E-state index in [1.165, 1.54) is 11.8 Å². The molecule has 0 spiro atoms. The quantitative estimate of drug-likeness (QED) is 0.353. The molecule has 0 aliphatic carbocycles. The molecule has 11 nitrogen and oxygen atoms in total. The SMILES string of the molecule is COc1nc(N[C@H]2CCN(C(=O)CN3CCCC3)C[C@H]2F)nn2ccc(-c3ccc4nnn(CC(F)F)c4c3)c12. The predicted octanol–water partition coefficient (Wildman–Crippen LogP) is 2.86. The lowest BCUT2D eigenvalue weighted by Gasteiger charge is -2.35. The first-order valence-electron chi connectivity index (χ1n) is 13.4. The Morgan fingerprint density at radius 2 is 2.02 bits per heavy atom. The van der Waals surface area contributed by atoms with Gasteiger partial charge < -0.3 is 15.0 Å². The number of ether oxygens (including phenoxy) is 1. The van der Waals surface area contributed by atoms with Gasteiger partial charge in [0.05, 0.1) is 31.8 Å². The maximum Gasteiger partial charge on any atom is 0.258 e. The third-order valence-electron chi connectivity index (χ3n) is 7.57. The molecule has 2 aliphatic rings. The molecule has 14 heteroatoms. The summed E-state index contributed by atoms with van der Waals surface area (Å²) >= 11 is 0. The van der Waals surface area contributed by atoms with Crippen LogP contribution in [-0.2, 0) is 11.3 Å². The van der Waals surface area contributed by atoms with E-state index >= 15 is 4.39 Å². The lowest BCUT2D eigenvalue weighted by atomic mass is 10.0. The first-order valence-corrected chi connectivity index (χ1v) is 13.4. The van der Waals surface area contributed by atoms with Crippen LogP contribution in [0, 0.1) is 0 Å². The molecule has 6 rings (SSSR count). The number of rotatable bonds is 8. The number of carbonyl (C=O) groups is 1. The molecule has 2 fully saturated rings. The predicted molar refractivity (Wildman–Crippen MR) is 141 cm³/mol. The van der Waals surface area contributed by atoms with Crippen molar-refractivity contribution < 1.29 is 22.7 Å². The lowest BCUT2D eigenvalue weighted by Crippen LogP contribution is -2.52. The Bertz CT molecular complexity index is 1520. The highest BCUT2D eigenvalue weighted by molar-refractivity contribution is 5.89. The molecular formula is C26H30F3N9O2. The number of piperidine rings is 1. The number of methoxy groups -OCH3 is 1. The third-order valence-corrected chi connectivity index (χ3v) is 7.57. The Morgan fingerprint density at radius 1 is 1.20 bits per heavy atom. The number of nitrogens with zero attached hydrogens (tertiary/aromatic N) is 8. The number of alkyl halides is 3. The second kappa shape index (κ2) is 10.9. The van der Waals surface area contributed by atoms with E-state index in [1.54, 1.807) is 27.7 Å². The van der Waals surface area contributed by atoms with Crippen molar-refractivity contribution >= 4 is 28.4 Å². The monoisotopic (exact) mass is 557 g/mol. The van der Waals surface area contributed by atoms with Crippen molar-refractivity contribution in [3.63, 3.8) is 0 Å². The Labute approximate surface area is 227 Å². The van der Waals surface area contributed by atoms with Gasteiger partial charge in [-0.15, -0.1) is 10.2 Å². The number of amides is 1. The Morgan fingerprint density at radius 3 is 2.77 bits per heavy atom. The van der Waals surface area contributed by atoms with Gasteiger partial charge >= 0.3 is 0 Å². The summed E-state index contributed by atoms with van der Waals surface area (Å²) in [6, 6.07) is 6.54. The van der Waals surface area contributed by atoms with Crippen LogP contribution in [0.2, 0.25) is 0 Å². The number of hydrogen-bond acceptors (Lipinski definition) is 8. The Kier molecular flexibility index (Phi) is 7.17. The molecule has 1 amide bonds. The minimum absolute atomic E-state index is 0.0247. The topological polar surface area (TPSA) is 106 Å². The molecule has 0 bridgehead atoms. The highest BCUT2D eigenvalue weighted by Gasteiger charge is 2.33. The summed E-state index contributed by atoms with van der Waals surface area (Å²) in [6.07, 6.45) is 0.511. The van der Waals surface area contributed by atoms with Crippen molar-refractivity contribution in [2.75, 3.05) is 45.2 Å². The van der Waals surface area contributed by atoms with Crippen LogP contribution in [0.1, 0.15) is 19.3 Å². The molecule has 1 N–H and O–H groups in total. The van der Waals surface area contributed by atoms with Crippen molar-refractivity contribution in [2.45, 2.75) is 44.4 Å². The summed E-state index contributed by atoms with van der Waals surface area (Å²) in [5.41, 5.74) is 3.01. The molecule has 2 aliphatic heterocycles. The second-order valence-electron chi connectivity index (χ2n) is 10.2. The number of hydrogen-bond donors (Lipinski definition) is 1. The van der Waals surface area contributed by atoms with E-state index in [2.05, 4.69) is 30.6 Å². The van der Waals surface area contributed by atoms with Gasteiger partial charge in [0.2, 0.25) is 17.7 Å². The van der Waals surface area contributed by atoms with E-state index < -0.39 is 25.2 Å². The molecule has 0 radical (unpaired) electrons. The van der Waals surface area contributed by atoms with Gasteiger partial charge in [-0.3, -0.25) is 9.69 Å². The number of likely N-dealkylation sites (tertiary alicyclic amines) is 2. The first-order chi connectivity index (χ1) is 19.4. The molecule has 212 valence electrons. The fourth-order valence-electron chi connectivity index (χ4n) is 5.52. The zero-order valence-electron chi connectivity index (χ0n) is 22.0. The Balaban J connectivity index is 1.20. The molecule has 40 heavy (non-hydrogen) atoms. The molecule has 5 heterocycles. The molecular weight excluding hydrogens is 527 g/mol. The van der Waals surface area contributed by atoms with E-state index in [1.807, 2.05) is 12.1 Å². The summed E-state index contributed by atoms with van der Waals surface area (Å²) in [5.74, 6) is 0.435. The van der Waals surface area contributed by atoms with Gasteiger partial charge in [0.15, 0.2) is 0 Å². The zero-order chi connectivity index (χ0) is 27.8. The number of benzene rings is 1. The number of carbonyl (C=O) groups excluding carboxylic acids is 1. The van der Waals surface area contributed by atoms with Crippen LogP contribution >= 0.6 is 0 Å². The zero-order valence-corrected chi connectivity index (χ0v) is 22.0. The van der Waals surface area contributed by atoms with E-state index in [9.17, 15) is 13.6 Å². The Hall–Kier alpha value is -3.94. The lowest BCUT2D eigenvalue weighted by molar-refractivity contribution is -0.134. The molecule has 0 unspecified atom stereocenters. The molecule has 2 saturated heterocycles. The minimum atomic E-state index is -2.56. The molecule has 0 saturated carbocycles. The van der Waals surface area contributed by atoms with Crippen molar-refractivity contribution in [2.24, 2.45) is 0 Å². The van der Waals surface area contributed by atoms with E-state index in [4.69, 9.17) is 4.74 Å². The van der Waals surface area contributed by atoms with Gasteiger partial charge in [-0.25, -0.2) is 22.4 Å². The summed E-state index contributed by atoms with van der Waals surface area (Å²) in [7, 11) is 1.48. The summed E-state index contributed by atoms with van der Waals surface area (Å²) in [5, 5.41) is 15.4. The largest absolute Gasteiger partial charge is 0.479 e. The van der Waals surface area contributed by atoms with Gasteiger partial charge in [0.25, 0.3) is 6.43 Å². The van der Waals surface area contributed by atoms with Gasteiger partial charge in [-0.2, -0.15) is 4.98 Å². The van der Waals surface area contributed by atoms with E-state index in [-0.39, 0.29) is 24.3 Å². The van der Waals surface area contributed by atoms with Crippen molar-refractivity contribution in [3.05, 3.63) is 30.5 Å². The maximum atomic E-state index is 15.2. The van der Waals surface area contributed by atoms with Gasteiger partial charge in [-0.05, 0) is 56.1 Å². The average Bonchev–Trinajstić information content (AvgIpc) is 3.69. The second-order valence-corrected chi connectivity index (χ2v) is 10.2. The average molecular weight is 558 g/mol. The first kappa shape index (κ1) is 26.3. The van der Waals surface area contributed by atoms with Crippen LogP contribution in [0.25, 0.3) is 27.7 Å². The normalized spacial score (nSPS) is 20.2. The summed E-state index contributed by atoms with van der Waals surface area (Å²) < 4.78 is 49.5. The van der Waals surface area contributed by atoms with E-state index in [0.29, 0.717) is 36.1 Å². The number of nitrogens with one attached hydrogen (secondary N) is 1. The molecule has 1 aromatic carbocycles. The summed E-state index contributed by atoms with van der Waals surface area (Å²) in [4.78, 5) is 20.9. The van der Waals surface area contributed by atoms with E-state index in [0.717, 1.165) is 37.1 Å². The number of aromatic nitrogens is 6. The highest BCUT2D eigenvalue weighted by Crippen LogP contribution is 2.33. The molecule has 2 atom stereocenters. The highest BCUT2D eigenvalue weighted by atomic mass is 19.3. The van der Waals surface area contributed by atoms with Crippen LogP contribution < -0.4 is 10.1 Å².